The summed E-state index contributed by atoms with van der Waals surface area (Å²) in [5, 5.41) is 13.4. The van der Waals surface area contributed by atoms with Crippen LogP contribution < -0.4 is 10.6 Å². The lowest BCUT2D eigenvalue weighted by atomic mass is 10.1. The van der Waals surface area contributed by atoms with E-state index < -0.39 is 28.8 Å². The lowest BCUT2D eigenvalue weighted by Crippen LogP contribution is -2.32. The summed E-state index contributed by atoms with van der Waals surface area (Å²) >= 11 is 8.76. The first kappa shape index (κ1) is 23.4. The summed E-state index contributed by atoms with van der Waals surface area (Å²) in [6, 6.07) is 5.49. The third-order valence-corrected chi connectivity index (χ3v) is 5.20. The summed E-state index contributed by atoms with van der Waals surface area (Å²) in [4.78, 5) is 25.2. The Bertz CT molecular complexity index is 1200. The van der Waals surface area contributed by atoms with Crippen LogP contribution in [0, 0.1) is 11.3 Å². The molecule has 164 valence electrons. The van der Waals surface area contributed by atoms with Crippen molar-refractivity contribution >= 4 is 39.2 Å². The first-order chi connectivity index (χ1) is 15.1. The van der Waals surface area contributed by atoms with Gasteiger partial charge in [0, 0.05) is 23.1 Å². The van der Waals surface area contributed by atoms with Crippen molar-refractivity contribution in [3.8, 4) is 17.5 Å². The van der Waals surface area contributed by atoms with Crippen molar-refractivity contribution in [2.24, 2.45) is 0 Å². The van der Waals surface area contributed by atoms with E-state index in [9.17, 15) is 18.0 Å². The summed E-state index contributed by atoms with van der Waals surface area (Å²) in [6.45, 7) is 1.63. The van der Waals surface area contributed by atoms with E-state index in [2.05, 4.69) is 41.5 Å². The second-order valence-corrected chi connectivity index (χ2v) is 7.73. The van der Waals surface area contributed by atoms with Crippen LogP contribution in [-0.4, -0.2) is 21.0 Å². The predicted octanol–water partition coefficient (Wildman–Crippen LogP) is 5.73. The van der Waals surface area contributed by atoms with Crippen molar-refractivity contribution in [1.29, 1.82) is 5.26 Å². The molecule has 1 aromatic carbocycles. The molecular weight excluding hydrogens is 513 g/mol. The summed E-state index contributed by atoms with van der Waals surface area (Å²) in [5.41, 5.74) is 0.393. The molecule has 0 saturated heterocycles. The number of pyridine rings is 1. The Morgan fingerprint density at radius 1 is 1.22 bits per heavy atom. The van der Waals surface area contributed by atoms with Gasteiger partial charge in [-0.2, -0.15) is 18.4 Å². The Morgan fingerprint density at radius 3 is 2.56 bits per heavy atom. The van der Waals surface area contributed by atoms with Crippen molar-refractivity contribution in [1.82, 2.24) is 20.3 Å². The van der Waals surface area contributed by atoms with Crippen molar-refractivity contribution in [2.75, 3.05) is 5.32 Å². The van der Waals surface area contributed by atoms with Crippen molar-refractivity contribution in [2.45, 2.75) is 19.1 Å². The number of aromatic nitrogens is 3. The molecule has 0 radical (unpaired) electrons. The number of halogens is 5. The third kappa shape index (κ3) is 5.33. The van der Waals surface area contributed by atoms with Gasteiger partial charge in [-0.15, -0.1) is 0 Å². The molecule has 32 heavy (non-hydrogen) atoms. The molecule has 0 spiro atoms. The van der Waals surface area contributed by atoms with Crippen LogP contribution in [0.1, 0.15) is 29.8 Å². The van der Waals surface area contributed by atoms with Gasteiger partial charge >= 0.3 is 12.2 Å². The van der Waals surface area contributed by atoms with E-state index in [-0.39, 0.29) is 10.2 Å². The second-order valence-electron chi connectivity index (χ2n) is 6.46. The molecule has 3 aromatic rings. The molecule has 3 rings (SSSR count). The van der Waals surface area contributed by atoms with Gasteiger partial charge in [-0.3, -0.25) is 15.0 Å². The van der Waals surface area contributed by atoms with Crippen LogP contribution in [-0.2, 0) is 6.18 Å². The lowest BCUT2D eigenvalue weighted by molar-refractivity contribution is -0.137. The molecule has 0 aliphatic rings. The largest absolute Gasteiger partial charge is 0.417 e. The molecule has 0 fully saturated rings. The first-order valence-electron chi connectivity index (χ1n) is 8.91. The van der Waals surface area contributed by atoms with Gasteiger partial charge in [-0.25, -0.2) is 4.79 Å². The topological polar surface area (TPSA) is 104 Å². The quantitative estimate of drug-likeness (QED) is 0.453. The lowest BCUT2D eigenvalue weighted by Gasteiger charge is -2.18. The minimum Gasteiger partial charge on any atom is -0.330 e. The number of hydrogen-bond donors (Lipinski definition) is 2. The molecule has 0 aliphatic heterocycles. The number of rotatable bonds is 4. The molecule has 0 aliphatic carbocycles. The van der Waals surface area contributed by atoms with E-state index in [0.717, 1.165) is 12.1 Å². The van der Waals surface area contributed by atoms with Gasteiger partial charge in [0.05, 0.1) is 39.3 Å². The fourth-order valence-electron chi connectivity index (χ4n) is 2.75. The number of nitrogens with one attached hydrogen (secondary N) is 2. The van der Waals surface area contributed by atoms with E-state index in [1.54, 1.807) is 19.1 Å². The number of benzene rings is 1. The third-order valence-electron chi connectivity index (χ3n) is 4.23. The molecule has 2 N–H and O–H groups in total. The minimum absolute atomic E-state index is 0.112. The number of anilines is 1. The van der Waals surface area contributed by atoms with Crippen molar-refractivity contribution in [3.05, 3.63) is 69.2 Å². The average Bonchev–Trinajstić information content (AvgIpc) is 2.74. The van der Waals surface area contributed by atoms with Crippen LogP contribution in [0.5, 0.6) is 0 Å². The highest BCUT2D eigenvalue weighted by Crippen LogP contribution is 2.39. The van der Waals surface area contributed by atoms with Gasteiger partial charge in [0.15, 0.2) is 0 Å². The zero-order valence-corrected chi connectivity index (χ0v) is 18.5. The zero-order valence-electron chi connectivity index (χ0n) is 16.2. The number of nitrogens with zero attached hydrogens (tertiary/aromatic N) is 4. The Hall–Kier alpha value is -3.23. The minimum atomic E-state index is -4.68. The standard InChI is InChI=1S/C20H13BrClF3N6O/c1-10(17-18(28-5-4-27-17)15-3-2-11(8-26)9-29-15)30-19(32)31-16-6-12(20(23,24)25)14(22)7-13(16)21/h2-7,9-10H,1H3,(H2,30,31,32)/t10-/m0/s1. The molecule has 0 saturated carbocycles. The Kier molecular flexibility index (Phi) is 6.96. The maximum absolute atomic E-state index is 13.1. The van der Waals surface area contributed by atoms with Gasteiger partial charge in [0.25, 0.3) is 0 Å². The van der Waals surface area contributed by atoms with Crippen LogP contribution in [0.2, 0.25) is 5.02 Å². The molecule has 7 nitrogen and oxygen atoms in total. The van der Waals surface area contributed by atoms with E-state index >= 15 is 0 Å². The maximum atomic E-state index is 13.1. The molecule has 2 heterocycles. The summed E-state index contributed by atoms with van der Waals surface area (Å²) in [7, 11) is 0. The predicted molar refractivity (Wildman–Crippen MR) is 115 cm³/mol. The fraction of sp³-hybridized carbons (Fsp3) is 0.150. The highest BCUT2D eigenvalue weighted by molar-refractivity contribution is 9.10. The van der Waals surface area contributed by atoms with E-state index in [1.165, 1.54) is 18.6 Å². The first-order valence-corrected chi connectivity index (χ1v) is 10.1. The Labute approximate surface area is 193 Å². The Morgan fingerprint density at radius 2 is 1.94 bits per heavy atom. The number of alkyl halides is 3. The fourth-order valence-corrected chi connectivity index (χ4v) is 3.59. The monoisotopic (exact) mass is 524 g/mol. The normalized spacial score (nSPS) is 12.0. The van der Waals surface area contributed by atoms with E-state index in [1.807, 2.05) is 6.07 Å². The van der Waals surface area contributed by atoms with Crippen LogP contribution in [0.3, 0.4) is 0 Å². The number of hydrogen-bond acceptors (Lipinski definition) is 5. The van der Waals surface area contributed by atoms with Crippen LogP contribution in [0.25, 0.3) is 11.4 Å². The van der Waals surface area contributed by atoms with Gasteiger partial charge in [-0.05, 0) is 47.1 Å². The Balaban J connectivity index is 1.81. The maximum Gasteiger partial charge on any atom is 0.417 e. The van der Waals surface area contributed by atoms with Gasteiger partial charge in [0.1, 0.15) is 11.8 Å². The van der Waals surface area contributed by atoms with E-state index in [4.69, 9.17) is 16.9 Å². The molecule has 0 unspecified atom stereocenters. The number of amides is 2. The number of carbonyl (C=O) groups is 1. The van der Waals surface area contributed by atoms with Crippen LogP contribution in [0.15, 0.2) is 47.3 Å². The van der Waals surface area contributed by atoms with Gasteiger partial charge in [0.2, 0.25) is 0 Å². The zero-order chi connectivity index (χ0) is 23.5. The smallest absolute Gasteiger partial charge is 0.330 e. The van der Waals surface area contributed by atoms with Gasteiger partial charge < -0.3 is 10.6 Å². The van der Waals surface area contributed by atoms with Crippen LogP contribution >= 0.6 is 27.5 Å². The molecule has 1 atom stereocenters. The summed E-state index contributed by atoms with van der Waals surface area (Å²) < 4.78 is 39.5. The number of urea groups is 1. The molecule has 0 bridgehead atoms. The number of carbonyl (C=O) groups excluding carboxylic acids is 1. The average molecular weight is 526 g/mol. The molecule has 2 amide bonds. The molecule has 2 aromatic heterocycles. The highest BCUT2D eigenvalue weighted by atomic mass is 79.9. The SMILES string of the molecule is C[C@H](NC(=O)Nc1cc(C(F)(F)F)c(Cl)cc1Br)c1nccnc1-c1ccc(C#N)cn1. The summed E-state index contributed by atoms with van der Waals surface area (Å²) in [5.74, 6) is 0. The van der Waals surface area contributed by atoms with Crippen molar-refractivity contribution in [3.63, 3.8) is 0 Å². The molecule has 12 heteroatoms. The number of nitriles is 1. The van der Waals surface area contributed by atoms with E-state index in [0.29, 0.717) is 22.6 Å². The van der Waals surface area contributed by atoms with Crippen LogP contribution in [0.4, 0.5) is 23.7 Å². The van der Waals surface area contributed by atoms with Gasteiger partial charge in [-0.1, -0.05) is 11.6 Å². The second kappa shape index (κ2) is 9.50. The summed E-state index contributed by atoms with van der Waals surface area (Å²) in [6.07, 6.45) is -0.408. The molecular formula is C20H13BrClF3N6O. The van der Waals surface area contributed by atoms with Crippen molar-refractivity contribution < 1.29 is 18.0 Å². The highest BCUT2D eigenvalue weighted by Gasteiger charge is 2.34.